The third kappa shape index (κ3) is 2.19. The number of nitrogens with zero attached hydrogens (tertiary/aromatic N) is 1. The molecule has 0 spiro atoms. The number of rotatable bonds is 3. The lowest BCUT2D eigenvalue weighted by Crippen LogP contribution is -2.40. The molecule has 118 valence electrons. The smallest absolute Gasteiger partial charge is 0.322 e. The molecular weight excluding hydrogens is 313 g/mol. The number of benzene rings is 1. The molecule has 1 saturated heterocycles. The molecule has 1 aliphatic heterocycles. The van der Waals surface area contributed by atoms with Gasteiger partial charge in [0, 0.05) is 17.5 Å². The molecule has 0 amide bonds. The first-order chi connectivity index (χ1) is 10.3. The van der Waals surface area contributed by atoms with Crippen LogP contribution in [-0.2, 0) is 14.8 Å². The van der Waals surface area contributed by atoms with Gasteiger partial charge in [-0.05, 0) is 38.0 Å². The monoisotopic (exact) mass is 327 g/mol. The van der Waals surface area contributed by atoms with Crippen LogP contribution < -0.4 is 0 Å². The van der Waals surface area contributed by atoms with Gasteiger partial charge in [0.15, 0.2) is 0 Å². The molecule has 1 aromatic carbocycles. The molecule has 22 heavy (non-hydrogen) atoms. The molecule has 1 aliphatic rings. The molecule has 1 N–H and O–H groups in total. The normalized spacial score (nSPS) is 19.8. The van der Waals surface area contributed by atoms with Gasteiger partial charge in [0.2, 0.25) is 5.09 Å². The van der Waals surface area contributed by atoms with E-state index in [-0.39, 0.29) is 29.2 Å². The van der Waals surface area contributed by atoms with Crippen molar-refractivity contribution in [2.24, 2.45) is 0 Å². The van der Waals surface area contributed by atoms with Gasteiger partial charge in [-0.1, -0.05) is 0 Å². The number of hydrogen-bond donors (Lipinski definition) is 1. The van der Waals surface area contributed by atoms with Crippen molar-refractivity contribution in [3.8, 4) is 0 Å². The average Bonchev–Trinajstić information content (AvgIpc) is 3.05. The molecule has 2 heterocycles. The van der Waals surface area contributed by atoms with Gasteiger partial charge < -0.3 is 9.52 Å². The molecule has 0 saturated carbocycles. The van der Waals surface area contributed by atoms with Crippen LogP contribution in [0.25, 0.3) is 11.0 Å². The summed E-state index contributed by atoms with van der Waals surface area (Å²) in [6.45, 7) is 1.65. The second-order valence-electron chi connectivity index (χ2n) is 5.27. The number of furan rings is 1. The van der Waals surface area contributed by atoms with E-state index in [1.54, 1.807) is 0 Å². The van der Waals surface area contributed by atoms with E-state index in [0.717, 1.165) is 4.31 Å². The average molecular weight is 327 g/mol. The number of sulfonamides is 1. The Hall–Kier alpha value is -1.93. The maximum atomic E-state index is 13.3. The highest BCUT2D eigenvalue weighted by Crippen LogP contribution is 2.33. The SMILES string of the molecule is Cc1c(S(=O)(=O)N2CCC[C@@H]2C(=O)O)oc2ccc(F)cc12. The zero-order valence-electron chi connectivity index (χ0n) is 11.7. The number of halogens is 1. The molecule has 0 unspecified atom stereocenters. The molecular formula is C14H14FNO5S. The van der Waals surface area contributed by atoms with Crippen LogP contribution >= 0.6 is 0 Å². The molecule has 6 nitrogen and oxygen atoms in total. The van der Waals surface area contributed by atoms with Crippen molar-refractivity contribution in [3.05, 3.63) is 29.6 Å². The van der Waals surface area contributed by atoms with Crippen molar-refractivity contribution in [1.29, 1.82) is 0 Å². The van der Waals surface area contributed by atoms with Gasteiger partial charge >= 0.3 is 5.97 Å². The predicted octanol–water partition coefficient (Wildman–Crippen LogP) is 2.12. The molecule has 1 fully saturated rings. The lowest BCUT2D eigenvalue weighted by molar-refractivity contribution is -0.140. The fourth-order valence-corrected chi connectivity index (χ4v) is 4.60. The standard InChI is InChI=1S/C14H14FNO5S/c1-8-10-7-9(15)4-5-12(10)21-14(8)22(19,20)16-6-2-3-11(16)13(17)18/h4-5,7,11H,2-3,6H2,1H3,(H,17,18)/t11-/m1/s1. The van der Waals surface area contributed by atoms with E-state index in [4.69, 9.17) is 9.52 Å². The van der Waals surface area contributed by atoms with Crippen LogP contribution in [0, 0.1) is 12.7 Å². The summed E-state index contributed by atoms with van der Waals surface area (Å²) in [5.41, 5.74) is 0.536. The molecule has 2 aromatic rings. The Morgan fingerprint density at radius 2 is 2.18 bits per heavy atom. The second kappa shape index (κ2) is 5.06. The number of fused-ring (bicyclic) bond motifs is 1. The summed E-state index contributed by atoms with van der Waals surface area (Å²) in [5, 5.41) is 9.20. The molecule has 3 rings (SSSR count). The first-order valence-electron chi connectivity index (χ1n) is 6.75. The Kier molecular flexibility index (Phi) is 3.45. The first kappa shape index (κ1) is 15.0. The number of carboxylic acid groups (broad SMARTS) is 1. The van der Waals surface area contributed by atoms with Crippen LogP contribution in [0.5, 0.6) is 0 Å². The summed E-state index contributed by atoms with van der Waals surface area (Å²) in [6, 6.07) is 2.65. The largest absolute Gasteiger partial charge is 0.480 e. The lowest BCUT2D eigenvalue weighted by Gasteiger charge is -2.19. The van der Waals surface area contributed by atoms with Gasteiger partial charge in [-0.3, -0.25) is 4.79 Å². The van der Waals surface area contributed by atoms with Crippen LogP contribution in [-0.4, -0.2) is 36.4 Å². The Bertz CT molecular complexity index is 857. The van der Waals surface area contributed by atoms with Gasteiger partial charge in [-0.2, -0.15) is 4.31 Å². The quantitative estimate of drug-likeness (QED) is 0.933. The summed E-state index contributed by atoms with van der Waals surface area (Å²) in [7, 11) is -4.07. The van der Waals surface area contributed by atoms with E-state index < -0.39 is 27.9 Å². The van der Waals surface area contributed by atoms with Crippen molar-refractivity contribution in [2.45, 2.75) is 30.9 Å². The number of carboxylic acids is 1. The van der Waals surface area contributed by atoms with Crippen molar-refractivity contribution in [2.75, 3.05) is 6.54 Å². The topological polar surface area (TPSA) is 87.8 Å². The van der Waals surface area contributed by atoms with Crippen molar-refractivity contribution < 1.29 is 27.1 Å². The van der Waals surface area contributed by atoms with E-state index in [9.17, 15) is 17.6 Å². The summed E-state index contributed by atoms with van der Waals surface area (Å²) < 4.78 is 45.0. The zero-order valence-corrected chi connectivity index (χ0v) is 12.6. The highest BCUT2D eigenvalue weighted by Gasteiger charge is 2.42. The highest BCUT2D eigenvalue weighted by molar-refractivity contribution is 7.89. The van der Waals surface area contributed by atoms with E-state index in [2.05, 4.69) is 0 Å². The Balaban J connectivity index is 2.13. The maximum Gasteiger partial charge on any atom is 0.322 e. The number of aryl methyl sites for hydroxylation is 1. The molecule has 1 atom stereocenters. The third-order valence-corrected chi connectivity index (χ3v) is 5.80. The molecule has 8 heteroatoms. The Morgan fingerprint density at radius 1 is 1.45 bits per heavy atom. The van der Waals surface area contributed by atoms with Crippen LogP contribution in [0.4, 0.5) is 4.39 Å². The van der Waals surface area contributed by atoms with Crippen molar-refractivity contribution in [3.63, 3.8) is 0 Å². The van der Waals surface area contributed by atoms with Crippen LogP contribution in [0.2, 0.25) is 0 Å². The fourth-order valence-electron chi connectivity index (χ4n) is 2.80. The summed E-state index contributed by atoms with van der Waals surface area (Å²) in [4.78, 5) is 11.2. The number of hydrogen-bond acceptors (Lipinski definition) is 4. The maximum absolute atomic E-state index is 13.3. The van der Waals surface area contributed by atoms with Gasteiger partial charge in [0.1, 0.15) is 17.4 Å². The van der Waals surface area contributed by atoms with Crippen LogP contribution in [0.1, 0.15) is 18.4 Å². The van der Waals surface area contributed by atoms with E-state index in [1.165, 1.54) is 25.1 Å². The van der Waals surface area contributed by atoms with Gasteiger partial charge in [-0.25, -0.2) is 12.8 Å². The molecule has 1 aromatic heterocycles. The number of carbonyl (C=O) groups is 1. The van der Waals surface area contributed by atoms with Crippen LogP contribution in [0.15, 0.2) is 27.7 Å². The van der Waals surface area contributed by atoms with Crippen LogP contribution in [0.3, 0.4) is 0 Å². The van der Waals surface area contributed by atoms with E-state index in [1.807, 2.05) is 0 Å². The minimum absolute atomic E-state index is 0.129. The fraction of sp³-hybridized carbons (Fsp3) is 0.357. The predicted molar refractivity (Wildman–Crippen MR) is 75.5 cm³/mol. The van der Waals surface area contributed by atoms with Gasteiger partial charge in [-0.15, -0.1) is 0 Å². The second-order valence-corrected chi connectivity index (χ2v) is 7.06. The Labute approximate surface area is 126 Å². The molecule has 0 radical (unpaired) electrons. The summed E-state index contributed by atoms with van der Waals surface area (Å²) in [5.74, 6) is -1.68. The molecule has 0 aliphatic carbocycles. The first-order valence-corrected chi connectivity index (χ1v) is 8.19. The summed E-state index contributed by atoms with van der Waals surface area (Å²) in [6.07, 6.45) is 0.743. The zero-order chi connectivity index (χ0) is 16.1. The Morgan fingerprint density at radius 3 is 2.86 bits per heavy atom. The van der Waals surface area contributed by atoms with Gasteiger partial charge in [0.25, 0.3) is 10.0 Å². The molecule has 0 bridgehead atoms. The van der Waals surface area contributed by atoms with Crippen molar-refractivity contribution in [1.82, 2.24) is 4.31 Å². The van der Waals surface area contributed by atoms with E-state index >= 15 is 0 Å². The summed E-state index contributed by atoms with van der Waals surface area (Å²) >= 11 is 0. The highest BCUT2D eigenvalue weighted by atomic mass is 32.2. The van der Waals surface area contributed by atoms with Gasteiger partial charge in [0.05, 0.1) is 0 Å². The third-order valence-electron chi connectivity index (χ3n) is 3.89. The number of aliphatic carboxylic acids is 1. The minimum Gasteiger partial charge on any atom is -0.480 e. The van der Waals surface area contributed by atoms with Crippen molar-refractivity contribution >= 4 is 27.0 Å². The van der Waals surface area contributed by atoms with E-state index in [0.29, 0.717) is 11.8 Å². The minimum atomic E-state index is -4.07. The lowest BCUT2D eigenvalue weighted by atomic mass is 10.2.